The van der Waals surface area contributed by atoms with Crippen LogP contribution in [0, 0.1) is 0 Å². The van der Waals surface area contributed by atoms with Gasteiger partial charge in [-0.05, 0) is 18.2 Å². The first kappa shape index (κ1) is 18.3. The highest BCUT2D eigenvalue weighted by Crippen LogP contribution is 2.20. The van der Waals surface area contributed by atoms with Crippen LogP contribution in [0.25, 0.3) is 0 Å². The molecule has 24 heavy (non-hydrogen) atoms. The Kier molecular flexibility index (Phi) is 5.89. The van der Waals surface area contributed by atoms with Crippen LogP contribution in [0.1, 0.15) is 0 Å². The van der Waals surface area contributed by atoms with Gasteiger partial charge in [-0.1, -0.05) is 6.07 Å². The molecule has 1 unspecified atom stereocenters. The molecule has 1 saturated heterocycles. The molecule has 1 aromatic rings. The van der Waals surface area contributed by atoms with Crippen molar-refractivity contribution < 1.29 is 22.7 Å². The maximum atomic E-state index is 12.6. The molecule has 0 spiro atoms. The molecule has 0 radical (unpaired) electrons. The summed E-state index contributed by atoms with van der Waals surface area (Å²) in [5, 5.41) is 5.11. The first-order chi connectivity index (χ1) is 11.3. The predicted molar refractivity (Wildman–Crippen MR) is 86.7 cm³/mol. The Morgan fingerprint density at radius 3 is 2.92 bits per heavy atom. The molecule has 1 aromatic carbocycles. The van der Waals surface area contributed by atoms with Crippen LogP contribution in [0.15, 0.2) is 29.2 Å². The number of carbonyl (C=O) groups is 2. The van der Waals surface area contributed by atoms with Crippen molar-refractivity contribution in [1.82, 2.24) is 9.62 Å². The first-order valence-corrected chi connectivity index (χ1v) is 8.71. The number of sulfonamides is 1. The van der Waals surface area contributed by atoms with Crippen LogP contribution in [0.5, 0.6) is 0 Å². The van der Waals surface area contributed by atoms with Gasteiger partial charge in [-0.15, -0.1) is 0 Å². The third-order valence-electron chi connectivity index (χ3n) is 3.43. The van der Waals surface area contributed by atoms with Gasteiger partial charge in [0, 0.05) is 25.9 Å². The number of amides is 2. The van der Waals surface area contributed by atoms with E-state index < -0.39 is 22.0 Å². The van der Waals surface area contributed by atoms with Gasteiger partial charge in [-0.2, -0.15) is 4.31 Å². The van der Waals surface area contributed by atoms with E-state index in [1.54, 1.807) is 6.07 Å². The Balaban J connectivity index is 2.17. The second-order valence-corrected chi connectivity index (χ2v) is 7.21. The summed E-state index contributed by atoms with van der Waals surface area (Å²) in [7, 11) is -2.39. The Morgan fingerprint density at radius 1 is 1.50 bits per heavy atom. The van der Waals surface area contributed by atoms with Crippen LogP contribution in [0.4, 0.5) is 5.69 Å². The summed E-state index contributed by atoms with van der Waals surface area (Å²) in [6.45, 7) is 0.286. The molecule has 132 valence electrons. The lowest BCUT2D eigenvalue weighted by atomic mass is 10.2. The fourth-order valence-electron chi connectivity index (χ4n) is 2.19. The van der Waals surface area contributed by atoms with Crippen LogP contribution < -0.4 is 16.4 Å². The van der Waals surface area contributed by atoms with Crippen LogP contribution >= 0.6 is 0 Å². The topological polar surface area (TPSA) is 131 Å². The molecule has 1 aliphatic rings. The average molecular weight is 356 g/mol. The zero-order chi connectivity index (χ0) is 17.7. The molecule has 0 saturated carbocycles. The summed E-state index contributed by atoms with van der Waals surface area (Å²) in [6.07, 6.45) is 0. The summed E-state index contributed by atoms with van der Waals surface area (Å²) < 4.78 is 31.1. The Labute approximate surface area is 140 Å². The summed E-state index contributed by atoms with van der Waals surface area (Å²) in [5.74, 6) is -0.830. The highest BCUT2D eigenvalue weighted by molar-refractivity contribution is 7.89. The number of hydrogen-bond acceptors (Lipinski definition) is 6. The van der Waals surface area contributed by atoms with Crippen LogP contribution in [-0.2, 0) is 24.3 Å². The van der Waals surface area contributed by atoms with Gasteiger partial charge in [0.15, 0.2) is 0 Å². The van der Waals surface area contributed by atoms with Crippen molar-refractivity contribution in [2.45, 2.75) is 10.9 Å². The number of hydrogen-bond donors (Lipinski definition) is 3. The van der Waals surface area contributed by atoms with Gasteiger partial charge in [0.05, 0.1) is 18.0 Å². The third kappa shape index (κ3) is 4.29. The van der Waals surface area contributed by atoms with E-state index in [1.807, 2.05) is 0 Å². The minimum absolute atomic E-state index is 0.00434. The Hall–Kier alpha value is -2.01. The number of nitrogens with two attached hydrogens (primary N) is 1. The molecule has 0 bridgehead atoms. The second-order valence-electron chi connectivity index (χ2n) is 5.27. The Morgan fingerprint density at radius 2 is 2.25 bits per heavy atom. The second kappa shape index (κ2) is 7.71. The molecule has 1 heterocycles. The summed E-state index contributed by atoms with van der Waals surface area (Å²) in [5.41, 5.74) is 5.92. The normalized spacial score (nSPS) is 17.2. The minimum Gasteiger partial charge on any atom is -0.383 e. The molecule has 10 heteroatoms. The minimum atomic E-state index is -3.82. The van der Waals surface area contributed by atoms with Crippen molar-refractivity contribution in [2.75, 3.05) is 38.7 Å². The monoisotopic (exact) mass is 356 g/mol. The van der Waals surface area contributed by atoms with Gasteiger partial charge in [-0.3, -0.25) is 9.59 Å². The highest BCUT2D eigenvalue weighted by atomic mass is 32.2. The number of methoxy groups -OCH3 is 1. The fraction of sp³-hybridized carbons (Fsp3) is 0.429. The molecule has 2 rings (SSSR count). The molecular formula is C14H20N4O5S. The molecule has 1 aliphatic heterocycles. The van der Waals surface area contributed by atoms with E-state index in [0.717, 1.165) is 4.31 Å². The maximum absolute atomic E-state index is 12.6. The molecule has 0 aromatic heterocycles. The zero-order valence-electron chi connectivity index (χ0n) is 13.2. The van der Waals surface area contributed by atoms with Gasteiger partial charge < -0.3 is 21.1 Å². The summed E-state index contributed by atoms with van der Waals surface area (Å²) in [6, 6.07) is 4.94. The van der Waals surface area contributed by atoms with E-state index in [9.17, 15) is 18.0 Å². The van der Waals surface area contributed by atoms with Crippen LogP contribution in [0.2, 0.25) is 0 Å². The standard InChI is InChI=1S/C14H20N4O5S/c1-23-9-12(15)14(20)17-10-3-2-4-11(7-10)24(21,22)18-6-5-16-13(19)8-18/h2-4,7,12H,5-6,8-9,15H2,1H3,(H,16,19)(H,17,20). The van der Waals surface area contributed by atoms with Gasteiger partial charge >= 0.3 is 0 Å². The number of carbonyl (C=O) groups excluding carboxylic acids is 2. The molecule has 0 aliphatic carbocycles. The van der Waals surface area contributed by atoms with E-state index in [1.165, 1.54) is 25.3 Å². The van der Waals surface area contributed by atoms with Crippen molar-refractivity contribution in [3.05, 3.63) is 24.3 Å². The predicted octanol–water partition coefficient (Wildman–Crippen LogP) is -1.28. The Bertz CT molecular complexity index is 722. The number of benzene rings is 1. The van der Waals surface area contributed by atoms with Crippen molar-refractivity contribution >= 4 is 27.5 Å². The molecule has 1 atom stereocenters. The van der Waals surface area contributed by atoms with Gasteiger partial charge in [0.2, 0.25) is 21.8 Å². The van der Waals surface area contributed by atoms with Crippen LogP contribution in [0.3, 0.4) is 0 Å². The number of nitrogens with zero attached hydrogens (tertiary/aromatic N) is 1. The number of rotatable bonds is 6. The quantitative estimate of drug-likeness (QED) is 0.582. The van der Waals surface area contributed by atoms with Crippen molar-refractivity contribution in [3.63, 3.8) is 0 Å². The maximum Gasteiger partial charge on any atom is 0.243 e. The van der Waals surface area contributed by atoms with E-state index >= 15 is 0 Å². The molecule has 9 nitrogen and oxygen atoms in total. The van der Waals surface area contributed by atoms with E-state index in [0.29, 0.717) is 5.69 Å². The fourth-order valence-corrected chi connectivity index (χ4v) is 3.64. The van der Waals surface area contributed by atoms with E-state index in [-0.39, 0.29) is 37.0 Å². The number of ether oxygens (including phenoxy) is 1. The molecule has 1 fully saturated rings. The number of nitrogens with one attached hydrogen (secondary N) is 2. The zero-order valence-corrected chi connectivity index (χ0v) is 14.0. The number of piperazine rings is 1. The van der Waals surface area contributed by atoms with Gasteiger partial charge in [0.1, 0.15) is 6.04 Å². The SMILES string of the molecule is COCC(N)C(=O)Nc1cccc(S(=O)(=O)N2CCNC(=O)C2)c1. The smallest absolute Gasteiger partial charge is 0.243 e. The van der Waals surface area contributed by atoms with E-state index in [4.69, 9.17) is 10.5 Å². The van der Waals surface area contributed by atoms with Crippen molar-refractivity contribution in [3.8, 4) is 0 Å². The largest absolute Gasteiger partial charge is 0.383 e. The lowest BCUT2D eigenvalue weighted by Gasteiger charge is -2.26. The molecule has 2 amide bonds. The summed E-state index contributed by atoms with van der Waals surface area (Å²) >= 11 is 0. The lowest BCUT2D eigenvalue weighted by molar-refractivity contribution is -0.122. The van der Waals surface area contributed by atoms with E-state index in [2.05, 4.69) is 10.6 Å². The van der Waals surface area contributed by atoms with Crippen LogP contribution in [-0.4, -0.2) is 63.9 Å². The lowest BCUT2D eigenvalue weighted by Crippen LogP contribution is -2.49. The third-order valence-corrected chi connectivity index (χ3v) is 5.27. The summed E-state index contributed by atoms with van der Waals surface area (Å²) in [4.78, 5) is 23.3. The van der Waals surface area contributed by atoms with Crippen molar-refractivity contribution in [2.24, 2.45) is 5.73 Å². The van der Waals surface area contributed by atoms with Gasteiger partial charge in [-0.25, -0.2) is 8.42 Å². The number of anilines is 1. The van der Waals surface area contributed by atoms with Crippen molar-refractivity contribution in [1.29, 1.82) is 0 Å². The molecular weight excluding hydrogens is 336 g/mol. The highest BCUT2D eigenvalue weighted by Gasteiger charge is 2.29. The van der Waals surface area contributed by atoms with Gasteiger partial charge in [0.25, 0.3) is 0 Å². The first-order valence-electron chi connectivity index (χ1n) is 7.27. The average Bonchev–Trinajstić information content (AvgIpc) is 2.55. The molecule has 4 N–H and O–H groups in total.